The van der Waals surface area contributed by atoms with Gasteiger partial charge in [0.1, 0.15) is 31.0 Å². The molecular weight excluding hydrogens is 797 g/mol. The Morgan fingerprint density at radius 1 is 0.508 bits per heavy atom. The third kappa shape index (κ3) is 34.0. The van der Waals surface area contributed by atoms with E-state index < -0.39 is 55.4 Å². The highest BCUT2D eigenvalue weighted by Gasteiger charge is 2.44. The molecule has 0 aromatic carbocycles. The number of hydrogen-bond acceptors (Lipinski definition) is 10. The Bertz CT molecular complexity index is 1300. The second-order valence-corrected chi connectivity index (χ2v) is 16.5. The van der Waals surface area contributed by atoms with Crippen LogP contribution < -0.4 is 0 Å². The van der Waals surface area contributed by atoms with Crippen LogP contribution in [0.4, 0.5) is 0 Å². The summed E-state index contributed by atoms with van der Waals surface area (Å²) in [4.78, 5) is 25.4. The van der Waals surface area contributed by atoms with Crippen LogP contribution in [0.2, 0.25) is 0 Å². The number of rotatable bonds is 40. The number of unbranched alkanes of at least 4 members (excludes halogenated alkanes) is 15. The molecule has 1 fully saturated rings. The molecular formula is C53H88O10. The Balaban J connectivity index is 2.35. The molecule has 1 heterocycles. The molecule has 0 amide bonds. The Hall–Kier alpha value is -3.12. The van der Waals surface area contributed by atoms with Crippen molar-refractivity contribution in [1.29, 1.82) is 0 Å². The average Bonchev–Trinajstić information content (AvgIpc) is 3.28. The number of esters is 2. The van der Waals surface area contributed by atoms with E-state index in [0.717, 1.165) is 57.8 Å². The molecule has 360 valence electrons. The van der Waals surface area contributed by atoms with Gasteiger partial charge in [-0.05, 0) is 77.0 Å². The Morgan fingerprint density at radius 2 is 0.968 bits per heavy atom. The molecule has 1 rings (SSSR count). The number of carbonyl (C=O) groups excluding carboxylic acids is 2. The standard InChI is InChI=1S/C53H88O10/c1-3-5-7-9-11-13-15-17-19-21-23-25-27-29-31-33-35-37-39-41-48(55)60-44-46(45-61-53-52(59)51(58)50(57)47(43-54)63-53)62-49(56)42-40-38-36-34-32-30-28-26-24-22-20-18-16-14-12-10-8-6-4-2/h5,7,11,13,17-20,23,25,29,31,35,37,46-47,50-54,57-59H,3-4,6,8-10,12,14-16,21-22,24,26-28,30,32-34,36,38-45H2,1-2H3/b7-5+,13-11+,19-17+,20-18+,25-23+,31-29+,37-35+/t46-,47-,50+,51?,52?,53-/m0/s1. The first-order chi connectivity index (χ1) is 30.8. The second-order valence-electron chi connectivity index (χ2n) is 16.5. The maximum Gasteiger partial charge on any atom is 0.306 e. The number of aliphatic hydroxyl groups is 4. The molecule has 4 N–H and O–H groups in total. The van der Waals surface area contributed by atoms with E-state index in [1.165, 1.54) is 83.5 Å². The minimum absolute atomic E-state index is 0.146. The molecule has 1 aliphatic rings. The summed E-state index contributed by atoms with van der Waals surface area (Å²) in [6, 6.07) is 0. The summed E-state index contributed by atoms with van der Waals surface area (Å²) in [6.45, 7) is 3.23. The third-order valence-electron chi connectivity index (χ3n) is 10.8. The van der Waals surface area contributed by atoms with Gasteiger partial charge in [0, 0.05) is 12.8 Å². The minimum atomic E-state index is -1.61. The van der Waals surface area contributed by atoms with Gasteiger partial charge in [-0.25, -0.2) is 0 Å². The average molecular weight is 885 g/mol. The number of ether oxygens (including phenoxy) is 4. The molecule has 0 radical (unpaired) electrons. The molecule has 10 heteroatoms. The van der Waals surface area contributed by atoms with Crippen molar-refractivity contribution in [2.45, 2.75) is 218 Å². The Kier molecular flexibility index (Phi) is 39.3. The molecule has 1 saturated heterocycles. The molecule has 0 saturated carbocycles. The van der Waals surface area contributed by atoms with Gasteiger partial charge in [-0.2, -0.15) is 0 Å². The smallest absolute Gasteiger partial charge is 0.306 e. The summed E-state index contributed by atoms with van der Waals surface area (Å²) in [6.07, 6.45) is 48.8. The quantitative estimate of drug-likeness (QED) is 0.0266. The van der Waals surface area contributed by atoms with Gasteiger partial charge in [-0.3, -0.25) is 9.59 Å². The summed E-state index contributed by atoms with van der Waals surface area (Å²) in [5.74, 6) is -0.911. The van der Waals surface area contributed by atoms with E-state index >= 15 is 0 Å². The monoisotopic (exact) mass is 885 g/mol. The predicted octanol–water partition coefficient (Wildman–Crippen LogP) is 11.3. The van der Waals surface area contributed by atoms with Crippen molar-refractivity contribution in [2.75, 3.05) is 19.8 Å². The first-order valence-electron chi connectivity index (χ1n) is 24.7. The van der Waals surface area contributed by atoms with Crippen LogP contribution in [0.15, 0.2) is 85.1 Å². The molecule has 0 aromatic heterocycles. The minimum Gasteiger partial charge on any atom is -0.462 e. The predicted molar refractivity (Wildman–Crippen MR) is 256 cm³/mol. The van der Waals surface area contributed by atoms with Gasteiger partial charge < -0.3 is 39.4 Å². The van der Waals surface area contributed by atoms with E-state index in [4.69, 9.17) is 18.9 Å². The summed E-state index contributed by atoms with van der Waals surface area (Å²) >= 11 is 0. The molecule has 0 bridgehead atoms. The van der Waals surface area contributed by atoms with Crippen LogP contribution in [0.5, 0.6) is 0 Å². The number of hydrogen-bond donors (Lipinski definition) is 4. The fraction of sp³-hybridized carbons (Fsp3) is 0.698. The fourth-order valence-corrected chi connectivity index (χ4v) is 6.91. The molecule has 0 aliphatic carbocycles. The van der Waals surface area contributed by atoms with Crippen LogP contribution in [-0.4, -0.2) is 89.0 Å². The van der Waals surface area contributed by atoms with Gasteiger partial charge in [0.15, 0.2) is 12.4 Å². The lowest BCUT2D eigenvalue weighted by molar-refractivity contribution is -0.305. The van der Waals surface area contributed by atoms with Crippen LogP contribution in [0, 0.1) is 0 Å². The lowest BCUT2D eigenvalue weighted by Gasteiger charge is -2.39. The fourth-order valence-electron chi connectivity index (χ4n) is 6.91. The van der Waals surface area contributed by atoms with Crippen molar-refractivity contribution >= 4 is 11.9 Å². The van der Waals surface area contributed by atoms with Crippen molar-refractivity contribution in [2.24, 2.45) is 0 Å². The van der Waals surface area contributed by atoms with Gasteiger partial charge in [0.05, 0.1) is 13.2 Å². The van der Waals surface area contributed by atoms with Crippen molar-refractivity contribution in [3.8, 4) is 0 Å². The zero-order valence-electron chi connectivity index (χ0n) is 39.3. The van der Waals surface area contributed by atoms with E-state index in [1.54, 1.807) is 0 Å². The van der Waals surface area contributed by atoms with Crippen LogP contribution in [0.1, 0.15) is 181 Å². The lowest BCUT2D eigenvalue weighted by Crippen LogP contribution is -2.59. The first-order valence-corrected chi connectivity index (χ1v) is 24.7. The van der Waals surface area contributed by atoms with E-state index in [2.05, 4.69) is 86.8 Å². The maximum absolute atomic E-state index is 12.8. The maximum atomic E-state index is 12.8. The van der Waals surface area contributed by atoms with Crippen molar-refractivity contribution < 1.29 is 49.0 Å². The van der Waals surface area contributed by atoms with Crippen LogP contribution in [0.3, 0.4) is 0 Å². The van der Waals surface area contributed by atoms with E-state index in [0.29, 0.717) is 12.8 Å². The summed E-state index contributed by atoms with van der Waals surface area (Å²) in [7, 11) is 0. The lowest BCUT2D eigenvalue weighted by atomic mass is 9.99. The topological polar surface area (TPSA) is 152 Å². The normalized spacial score (nSPS) is 20.3. The number of carbonyl (C=O) groups is 2. The summed E-state index contributed by atoms with van der Waals surface area (Å²) < 4.78 is 22.1. The highest BCUT2D eigenvalue weighted by molar-refractivity contribution is 5.70. The Morgan fingerprint density at radius 3 is 1.48 bits per heavy atom. The number of allylic oxidation sites excluding steroid dienone is 14. The molecule has 1 aliphatic heterocycles. The van der Waals surface area contributed by atoms with E-state index in [-0.39, 0.29) is 26.1 Å². The molecule has 10 nitrogen and oxygen atoms in total. The molecule has 0 spiro atoms. The first kappa shape index (κ1) is 57.9. The van der Waals surface area contributed by atoms with Gasteiger partial charge in [0.25, 0.3) is 0 Å². The number of aliphatic hydroxyl groups excluding tert-OH is 4. The van der Waals surface area contributed by atoms with Crippen molar-refractivity contribution in [3.63, 3.8) is 0 Å². The summed E-state index contributed by atoms with van der Waals surface area (Å²) in [5, 5.41) is 40.2. The van der Waals surface area contributed by atoms with Gasteiger partial charge in [0.2, 0.25) is 0 Å². The third-order valence-corrected chi connectivity index (χ3v) is 10.8. The van der Waals surface area contributed by atoms with Crippen LogP contribution >= 0.6 is 0 Å². The molecule has 6 atom stereocenters. The van der Waals surface area contributed by atoms with Crippen LogP contribution in [0.25, 0.3) is 0 Å². The van der Waals surface area contributed by atoms with E-state index in [9.17, 15) is 30.0 Å². The molecule has 2 unspecified atom stereocenters. The largest absolute Gasteiger partial charge is 0.462 e. The van der Waals surface area contributed by atoms with E-state index in [1.807, 2.05) is 12.2 Å². The van der Waals surface area contributed by atoms with Crippen molar-refractivity contribution in [1.82, 2.24) is 0 Å². The zero-order chi connectivity index (χ0) is 45.9. The highest BCUT2D eigenvalue weighted by Crippen LogP contribution is 2.22. The highest BCUT2D eigenvalue weighted by atomic mass is 16.7. The SMILES string of the molecule is CC/C=C/C/C=C/C/C=C/C/C=C/C/C=C/C/C=C/CCC(=O)OC[C@@H](CO[C@H]1O[C@@H](CO)[C@@H](O)C(O)C1O)OC(=O)CCCCCCCCCCC/C=C/CCCCCCCC. The summed E-state index contributed by atoms with van der Waals surface area (Å²) in [5.41, 5.74) is 0. The molecule has 63 heavy (non-hydrogen) atoms. The van der Waals surface area contributed by atoms with Gasteiger partial charge in [-0.1, -0.05) is 176 Å². The second kappa shape index (κ2) is 42.8. The molecule has 0 aromatic rings. The Labute approximate surface area is 382 Å². The van der Waals surface area contributed by atoms with Crippen LogP contribution in [-0.2, 0) is 28.5 Å². The zero-order valence-corrected chi connectivity index (χ0v) is 39.3. The van der Waals surface area contributed by atoms with Gasteiger partial charge >= 0.3 is 11.9 Å². The van der Waals surface area contributed by atoms with Crippen molar-refractivity contribution in [3.05, 3.63) is 85.1 Å². The van der Waals surface area contributed by atoms with Gasteiger partial charge in [-0.15, -0.1) is 0 Å².